The maximum atomic E-state index is 13.2. The Bertz CT molecular complexity index is 1140. The van der Waals surface area contributed by atoms with E-state index in [2.05, 4.69) is 22.2 Å². The molecule has 3 aromatic rings. The molecule has 0 aliphatic carbocycles. The Balaban J connectivity index is 1.65. The molecular formula is C23H23ClN4O3. The molecule has 0 saturated heterocycles. The zero-order valence-corrected chi connectivity index (χ0v) is 18.1. The number of hydrogen-bond acceptors (Lipinski definition) is 5. The van der Waals surface area contributed by atoms with Crippen molar-refractivity contribution in [1.82, 2.24) is 15.3 Å². The lowest BCUT2D eigenvalue weighted by atomic mass is 10.1. The van der Waals surface area contributed by atoms with Crippen molar-refractivity contribution in [2.75, 3.05) is 4.90 Å². The van der Waals surface area contributed by atoms with Gasteiger partial charge < -0.3 is 10.1 Å². The smallest absolute Gasteiger partial charge is 0.409 e. The number of carbonyl (C=O) groups excluding carboxylic acids is 2. The van der Waals surface area contributed by atoms with Gasteiger partial charge in [-0.3, -0.25) is 9.69 Å². The largest absolute Gasteiger partial charge is 0.420 e. The predicted molar refractivity (Wildman–Crippen MR) is 119 cm³/mol. The Labute approximate surface area is 185 Å². The van der Waals surface area contributed by atoms with Gasteiger partial charge in [0.15, 0.2) is 5.65 Å². The van der Waals surface area contributed by atoms with Gasteiger partial charge >= 0.3 is 6.09 Å². The number of unbranched alkanes of at least 4 members (excludes halogenated alkanes) is 1. The highest BCUT2D eigenvalue weighted by Gasteiger charge is 2.41. The van der Waals surface area contributed by atoms with Crippen LogP contribution in [0.1, 0.15) is 55.3 Å². The van der Waals surface area contributed by atoms with Crippen LogP contribution in [0.2, 0.25) is 5.15 Å². The molecule has 7 nitrogen and oxygen atoms in total. The molecule has 8 heteroatoms. The number of aromatic nitrogens is 2. The lowest BCUT2D eigenvalue weighted by molar-refractivity contribution is 0.0819. The number of anilines is 1. The topological polar surface area (TPSA) is 84.4 Å². The molecule has 2 unspecified atom stereocenters. The number of pyridine rings is 2. The van der Waals surface area contributed by atoms with E-state index in [4.69, 9.17) is 16.3 Å². The van der Waals surface area contributed by atoms with Crippen LogP contribution in [0.3, 0.4) is 0 Å². The molecule has 1 aliphatic rings. The van der Waals surface area contributed by atoms with Crippen molar-refractivity contribution in [3.63, 3.8) is 0 Å². The highest BCUT2D eigenvalue weighted by molar-refractivity contribution is 6.29. The highest BCUT2D eigenvalue weighted by Crippen LogP contribution is 2.38. The SMILES string of the molecule is CCCCC(C)NC(=O)OC1c2ccccc2C(=O)N1c1ccc2ccc(Cl)nc2n1. The minimum atomic E-state index is -0.925. The van der Waals surface area contributed by atoms with Gasteiger partial charge in [-0.1, -0.05) is 49.6 Å². The zero-order valence-electron chi connectivity index (χ0n) is 17.3. The molecule has 3 heterocycles. The first-order valence-electron chi connectivity index (χ1n) is 10.3. The average molecular weight is 439 g/mol. The number of amides is 2. The van der Waals surface area contributed by atoms with Crippen LogP contribution in [-0.4, -0.2) is 28.0 Å². The molecule has 0 saturated carbocycles. The fraction of sp³-hybridized carbons (Fsp3) is 0.304. The summed E-state index contributed by atoms with van der Waals surface area (Å²) in [5.74, 6) is 0.0432. The van der Waals surface area contributed by atoms with E-state index in [-0.39, 0.29) is 11.9 Å². The fourth-order valence-electron chi connectivity index (χ4n) is 3.64. The summed E-state index contributed by atoms with van der Waals surface area (Å²) in [6.07, 6.45) is 1.41. The van der Waals surface area contributed by atoms with E-state index in [9.17, 15) is 9.59 Å². The van der Waals surface area contributed by atoms with E-state index in [1.54, 1.807) is 42.5 Å². The molecule has 2 atom stereocenters. The monoisotopic (exact) mass is 438 g/mol. The number of carbonyl (C=O) groups is 2. The number of nitrogens with one attached hydrogen (secondary N) is 1. The molecule has 0 fully saturated rings. The van der Waals surface area contributed by atoms with Crippen LogP contribution in [-0.2, 0) is 4.74 Å². The summed E-state index contributed by atoms with van der Waals surface area (Å²) < 4.78 is 5.73. The van der Waals surface area contributed by atoms with Crippen molar-refractivity contribution >= 4 is 40.5 Å². The van der Waals surface area contributed by atoms with Gasteiger partial charge in [-0.15, -0.1) is 0 Å². The van der Waals surface area contributed by atoms with Crippen LogP contribution in [0, 0.1) is 0 Å². The van der Waals surface area contributed by atoms with Crippen LogP contribution in [0.25, 0.3) is 11.0 Å². The number of fused-ring (bicyclic) bond motifs is 2. The number of benzene rings is 1. The van der Waals surface area contributed by atoms with E-state index in [0.717, 1.165) is 24.6 Å². The van der Waals surface area contributed by atoms with Crippen LogP contribution in [0.5, 0.6) is 0 Å². The second-order valence-corrected chi connectivity index (χ2v) is 7.95. The fourth-order valence-corrected chi connectivity index (χ4v) is 3.78. The number of ether oxygens (including phenoxy) is 1. The van der Waals surface area contributed by atoms with Crippen LogP contribution >= 0.6 is 11.6 Å². The van der Waals surface area contributed by atoms with Gasteiger partial charge in [0.05, 0.1) is 0 Å². The van der Waals surface area contributed by atoms with E-state index < -0.39 is 12.3 Å². The van der Waals surface area contributed by atoms with E-state index in [1.807, 2.05) is 13.0 Å². The number of nitrogens with zero attached hydrogens (tertiary/aromatic N) is 3. The van der Waals surface area contributed by atoms with Crippen molar-refractivity contribution in [3.8, 4) is 0 Å². The summed E-state index contributed by atoms with van der Waals surface area (Å²) in [4.78, 5) is 35.9. The molecule has 2 aromatic heterocycles. The second kappa shape index (κ2) is 8.89. The number of hydrogen-bond donors (Lipinski definition) is 1. The van der Waals surface area contributed by atoms with Crippen molar-refractivity contribution in [2.45, 2.75) is 45.4 Å². The molecule has 0 spiro atoms. The lowest BCUT2D eigenvalue weighted by Crippen LogP contribution is -2.38. The number of halogens is 1. The number of rotatable bonds is 6. The first kappa shape index (κ1) is 21.1. The third-order valence-electron chi connectivity index (χ3n) is 5.23. The lowest BCUT2D eigenvalue weighted by Gasteiger charge is -2.25. The molecule has 1 aliphatic heterocycles. The first-order valence-corrected chi connectivity index (χ1v) is 10.7. The van der Waals surface area contributed by atoms with Crippen molar-refractivity contribution in [1.29, 1.82) is 0 Å². The summed E-state index contributed by atoms with van der Waals surface area (Å²) in [5.41, 5.74) is 1.50. The van der Waals surface area contributed by atoms with Gasteiger partial charge in [-0.25, -0.2) is 14.8 Å². The van der Waals surface area contributed by atoms with Crippen molar-refractivity contribution in [2.24, 2.45) is 0 Å². The maximum Gasteiger partial charge on any atom is 0.409 e. The molecule has 4 rings (SSSR count). The van der Waals surface area contributed by atoms with Crippen LogP contribution in [0.15, 0.2) is 48.5 Å². The molecule has 0 bridgehead atoms. The number of alkyl carbamates (subject to hydrolysis) is 1. The van der Waals surface area contributed by atoms with Gasteiger partial charge in [0, 0.05) is 22.6 Å². The molecule has 160 valence electrons. The molecule has 31 heavy (non-hydrogen) atoms. The molecule has 0 radical (unpaired) electrons. The molecular weight excluding hydrogens is 416 g/mol. The molecule has 1 N–H and O–H groups in total. The predicted octanol–water partition coefficient (Wildman–Crippen LogP) is 5.25. The summed E-state index contributed by atoms with van der Waals surface area (Å²) in [7, 11) is 0. The first-order chi connectivity index (χ1) is 15.0. The summed E-state index contributed by atoms with van der Waals surface area (Å²) >= 11 is 6.01. The molecule has 1 aromatic carbocycles. The van der Waals surface area contributed by atoms with Crippen LogP contribution in [0.4, 0.5) is 10.6 Å². The Morgan fingerprint density at radius 1 is 1.19 bits per heavy atom. The average Bonchev–Trinajstić information content (AvgIpc) is 3.03. The summed E-state index contributed by atoms with van der Waals surface area (Å²) in [6.45, 7) is 4.03. The van der Waals surface area contributed by atoms with Gasteiger partial charge in [-0.2, -0.15) is 0 Å². The van der Waals surface area contributed by atoms with Gasteiger partial charge in [-0.05, 0) is 43.7 Å². The Kier molecular flexibility index (Phi) is 6.04. The van der Waals surface area contributed by atoms with E-state index >= 15 is 0 Å². The molecule has 2 amide bonds. The highest BCUT2D eigenvalue weighted by atomic mass is 35.5. The van der Waals surface area contributed by atoms with Crippen molar-refractivity contribution < 1.29 is 14.3 Å². The normalized spacial score (nSPS) is 16.3. The van der Waals surface area contributed by atoms with Gasteiger partial charge in [0.2, 0.25) is 6.23 Å². The minimum Gasteiger partial charge on any atom is -0.420 e. The third-order valence-corrected chi connectivity index (χ3v) is 5.45. The van der Waals surface area contributed by atoms with E-state index in [0.29, 0.717) is 27.7 Å². The Morgan fingerprint density at radius 3 is 2.77 bits per heavy atom. The maximum absolute atomic E-state index is 13.2. The second-order valence-electron chi connectivity index (χ2n) is 7.56. The summed E-state index contributed by atoms with van der Waals surface area (Å²) in [5, 5.41) is 3.94. The zero-order chi connectivity index (χ0) is 22.0. The Morgan fingerprint density at radius 2 is 1.97 bits per heavy atom. The third kappa shape index (κ3) is 4.32. The Hall–Kier alpha value is -3.19. The summed E-state index contributed by atoms with van der Waals surface area (Å²) in [6, 6.07) is 14.1. The van der Waals surface area contributed by atoms with Crippen LogP contribution < -0.4 is 10.2 Å². The minimum absolute atomic E-state index is 0.0293. The standard InChI is InChI=1S/C23H23ClN4O3/c1-3-4-7-14(2)25-23(30)31-22-17-9-6-5-8-16(17)21(29)28(22)19-13-11-15-10-12-18(24)26-20(15)27-19/h5-6,8-14,22H,3-4,7H2,1-2H3,(H,25,30). The quantitative estimate of drug-likeness (QED) is 0.531. The van der Waals surface area contributed by atoms with Gasteiger partial charge in [0.1, 0.15) is 11.0 Å². The van der Waals surface area contributed by atoms with Crippen molar-refractivity contribution in [3.05, 3.63) is 64.8 Å². The van der Waals surface area contributed by atoms with E-state index in [1.165, 1.54) is 4.90 Å². The van der Waals surface area contributed by atoms with Gasteiger partial charge in [0.25, 0.3) is 5.91 Å².